The van der Waals surface area contributed by atoms with Crippen LogP contribution in [0.3, 0.4) is 0 Å². The Morgan fingerprint density at radius 2 is 1.92 bits per heavy atom. The molecule has 6 nitrogen and oxygen atoms in total. The summed E-state index contributed by atoms with van der Waals surface area (Å²) in [7, 11) is 1.75. The van der Waals surface area contributed by atoms with E-state index in [0.717, 1.165) is 46.7 Å². The maximum atomic E-state index is 5.92. The number of hydrogen-bond donors (Lipinski definition) is 1. The van der Waals surface area contributed by atoms with E-state index in [2.05, 4.69) is 20.3 Å². The molecule has 0 unspecified atom stereocenters. The number of hydrogen-bond acceptors (Lipinski definition) is 6. The summed E-state index contributed by atoms with van der Waals surface area (Å²) in [6, 6.07) is 7.98. The lowest BCUT2D eigenvalue weighted by Gasteiger charge is -2.15. The van der Waals surface area contributed by atoms with Gasteiger partial charge in [0.15, 0.2) is 0 Å². The minimum Gasteiger partial charge on any atom is -0.491 e. The van der Waals surface area contributed by atoms with Gasteiger partial charge in [-0.1, -0.05) is 0 Å². The number of nitrogens with one attached hydrogen (secondary N) is 1. The molecule has 2 heterocycles. The molecule has 128 valence electrons. The summed E-state index contributed by atoms with van der Waals surface area (Å²) in [6.07, 6.45) is 7.41. The molecule has 1 aliphatic rings. The molecule has 25 heavy (non-hydrogen) atoms. The Morgan fingerprint density at radius 3 is 2.64 bits per heavy atom. The molecular formula is C19H20N4O2. The smallest absolute Gasteiger partial charge is 0.138 e. The fourth-order valence-corrected chi connectivity index (χ4v) is 2.70. The molecule has 0 amide bonds. The van der Waals surface area contributed by atoms with Crippen molar-refractivity contribution in [3.8, 4) is 5.75 Å². The zero-order chi connectivity index (χ0) is 17.3. The second-order valence-corrected chi connectivity index (χ2v) is 6.36. The molecular weight excluding hydrogens is 316 g/mol. The zero-order valence-electron chi connectivity index (χ0n) is 14.3. The fourth-order valence-electron chi connectivity index (χ4n) is 2.70. The van der Waals surface area contributed by atoms with Gasteiger partial charge in [-0.2, -0.15) is 0 Å². The van der Waals surface area contributed by atoms with Crippen molar-refractivity contribution in [3.05, 3.63) is 48.7 Å². The summed E-state index contributed by atoms with van der Waals surface area (Å²) >= 11 is 0. The number of rotatable bonds is 6. The Labute approximate surface area is 146 Å². The molecule has 6 heteroatoms. The third-order valence-corrected chi connectivity index (χ3v) is 4.52. The van der Waals surface area contributed by atoms with Crippen LogP contribution in [0.25, 0.3) is 10.8 Å². The van der Waals surface area contributed by atoms with E-state index in [1.54, 1.807) is 25.7 Å². The Morgan fingerprint density at radius 1 is 1.12 bits per heavy atom. The number of nitrogens with zero attached hydrogens (tertiary/aromatic N) is 3. The lowest BCUT2D eigenvalue weighted by Crippen LogP contribution is -2.21. The first-order chi connectivity index (χ1) is 12.2. The molecule has 1 fully saturated rings. The van der Waals surface area contributed by atoms with Gasteiger partial charge in [0.25, 0.3) is 0 Å². The standard InChI is InChI=1S/C19H20N4O2/c1-13-21-10-15(11-22-13)23-18-17-4-3-16(9-14(17)5-8-20-18)25-12-19(24-2)6-7-19/h3-5,8-11H,6-7,12H2,1-2H3,(H,20,23). The quantitative estimate of drug-likeness (QED) is 0.741. The fraction of sp³-hybridized carbons (Fsp3) is 0.316. The van der Waals surface area contributed by atoms with Gasteiger partial charge >= 0.3 is 0 Å². The first-order valence-electron chi connectivity index (χ1n) is 8.30. The zero-order valence-corrected chi connectivity index (χ0v) is 14.3. The van der Waals surface area contributed by atoms with Gasteiger partial charge in [0.05, 0.1) is 18.1 Å². The van der Waals surface area contributed by atoms with Gasteiger partial charge in [0.1, 0.15) is 29.6 Å². The molecule has 1 aliphatic carbocycles. The summed E-state index contributed by atoms with van der Waals surface area (Å²) in [6.45, 7) is 2.45. The van der Waals surface area contributed by atoms with E-state index in [0.29, 0.717) is 6.61 Å². The first-order valence-corrected chi connectivity index (χ1v) is 8.30. The number of pyridine rings is 1. The van der Waals surface area contributed by atoms with E-state index in [9.17, 15) is 0 Å². The Hall–Kier alpha value is -2.73. The molecule has 3 aromatic rings. The molecule has 0 atom stereocenters. The average Bonchev–Trinajstić information content (AvgIpc) is 3.42. The maximum absolute atomic E-state index is 5.92. The van der Waals surface area contributed by atoms with Gasteiger partial charge in [-0.25, -0.2) is 15.0 Å². The Bertz CT molecular complexity index is 892. The number of aryl methyl sites for hydroxylation is 1. The van der Waals surface area contributed by atoms with Gasteiger partial charge in [-0.15, -0.1) is 0 Å². The molecule has 0 radical (unpaired) electrons. The van der Waals surface area contributed by atoms with Crippen molar-refractivity contribution in [3.63, 3.8) is 0 Å². The summed E-state index contributed by atoms with van der Waals surface area (Å²) in [4.78, 5) is 12.8. The molecule has 0 saturated heterocycles. The number of methoxy groups -OCH3 is 1. The van der Waals surface area contributed by atoms with Crippen LogP contribution in [0.1, 0.15) is 18.7 Å². The van der Waals surface area contributed by atoms with E-state index in [-0.39, 0.29) is 5.60 Å². The highest BCUT2D eigenvalue weighted by Crippen LogP contribution is 2.39. The summed E-state index contributed by atoms with van der Waals surface area (Å²) in [5.41, 5.74) is 0.729. The highest BCUT2D eigenvalue weighted by molar-refractivity contribution is 5.93. The van der Waals surface area contributed by atoms with Crippen molar-refractivity contribution < 1.29 is 9.47 Å². The van der Waals surface area contributed by atoms with Gasteiger partial charge in [-0.05, 0) is 49.4 Å². The minimum atomic E-state index is -0.0780. The van der Waals surface area contributed by atoms with Crippen molar-refractivity contribution >= 4 is 22.3 Å². The molecule has 1 saturated carbocycles. The normalized spacial score (nSPS) is 15.1. The largest absolute Gasteiger partial charge is 0.491 e. The molecule has 4 rings (SSSR count). The van der Waals surface area contributed by atoms with E-state index in [4.69, 9.17) is 9.47 Å². The van der Waals surface area contributed by atoms with Gasteiger partial charge in [-0.3, -0.25) is 0 Å². The molecule has 1 N–H and O–H groups in total. The number of aromatic nitrogens is 3. The topological polar surface area (TPSA) is 69.2 Å². The van der Waals surface area contributed by atoms with E-state index in [1.807, 2.05) is 31.2 Å². The highest BCUT2D eigenvalue weighted by Gasteiger charge is 2.44. The van der Waals surface area contributed by atoms with E-state index < -0.39 is 0 Å². The summed E-state index contributed by atoms with van der Waals surface area (Å²) in [5.74, 6) is 2.35. The second kappa shape index (κ2) is 6.29. The molecule has 0 aliphatic heterocycles. The second-order valence-electron chi connectivity index (χ2n) is 6.36. The summed E-state index contributed by atoms with van der Waals surface area (Å²) < 4.78 is 11.4. The third kappa shape index (κ3) is 3.39. The molecule has 0 spiro atoms. The maximum Gasteiger partial charge on any atom is 0.138 e. The minimum absolute atomic E-state index is 0.0780. The van der Waals surface area contributed by atoms with Crippen LogP contribution in [-0.2, 0) is 4.74 Å². The van der Waals surface area contributed by atoms with Crippen molar-refractivity contribution in [2.75, 3.05) is 19.0 Å². The molecule has 0 bridgehead atoms. The third-order valence-electron chi connectivity index (χ3n) is 4.52. The van der Waals surface area contributed by atoms with Crippen LogP contribution in [0.4, 0.5) is 11.5 Å². The predicted molar refractivity (Wildman–Crippen MR) is 96.3 cm³/mol. The van der Waals surface area contributed by atoms with Crippen LogP contribution in [0.2, 0.25) is 0 Å². The molecule has 1 aromatic carbocycles. The van der Waals surface area contributed by atoms with Crippen LogP contribution < -0.4 is 10.1 Å². The number of fused-ring (bicyclic) bond motifs is 1. The van der Waals surface area contributed by atoms with Crippen LogP contribution >= 0.6 is 0 Å². The lowest BCUT2D eigenvalue weighted by molar-refractivity contribution is 0.0370. The Balaban J connectivity index is 1.56. The van der Waals surface area contributed by atoms with Crippen LogP contribution in [0, 0.1) is 6.92 Å². The summed E-state index contributed by atoms with van der Waals surface area (Å²) in [5, 5.41) is 5.35. The highest BCUT2D eigenvalue weighted by atomic mass is 16.5. The van der Waals surface area contributed by atoms with E-state index >= 15 is 0 Å². The average molecular weight is 336 g/mol. The lowest BCUT2D eigenvalue weighted by atomic mass is 10.1. The van der Waals surface area contributed by atoms with Crippen LogP contribution in [0.5, 0.6) is 5.75 Å². The first kappa shape index (κ1) is 15.8. The predicted octanol–water partition coefficient (Wildman–Crippen LogP) is 3.63. The monoisotopic (exact) mass is 336 g/mol. The number of benzene rings is 1. The SMILES string of the molecule is COC1(COc2ccc3c(Nc4cnc(C)nc4)nccc3c2)CC1. The van der Waals surface area contributed by atoms with Crippen molar-refractivity contribution in [2.45, 2.75) is 25.4 Å². The van der Waals surface area contributed by atoms with Gasteiger partial charge in [0, 0.05) is 18.7 Å². The van der Waals surface area contributed by atoms with Crippen molar-refractivity contribution in [1.82, 2.24) is 15.0 Å². The molecule has 2 aromatic heterocycles. The van der Waals surface area contributed by atoms with Crippen molar-refractivity contribution in [1.29, 1.82) is 0 Å². The van der Waals surface area contributed by atoms with Crippen LogP contribution in [-0.4, -0.2) is 34.3 Å². The number of ether oxygens (including phenoxy) is 2. The van der Waals surface area contributed by atoms with Crippen LogP contribution in [0.15, 0.2) is 42.9 Å². The Kier molecular flexibility index (Phi) is 3.97. The number of anilines is 2. The van der Waals surface area contributed by atoms with Gasteiger partial charge < -0.3 is 14.8 Å². The van der Waals surface area contributed by atoms with E-state index in [1.165, 1.54) is 0 Å². The van der Waals surface area contributed by atoms with Gasteiger partial charge in [0.2, 0.25) is 0 Å². The van der Waals surface area contributed by atoms with Crippen molar-refractivity contribution in [2.24, 2.45) is 0 Å².